The highest BCUT2D eigenvalue weighted by Gasteiger charge is 2.31. The molecule has 5 nitrogen and oxygen atoms in total. The number of pyridine rings is 1. The van der Waals surface area contributed by atoms with Crippen LogP contribution in [0.15, 0.2) is 36.4 Å². The molecule has 3 heterocycles. The SMILES string of the molecule is Cc1nc(C)c(-c2ccc3c(c2)CCC(Cc2ccc(F)c(F)c2)O3)c(N2CCC(C)(C)CC2)c1CC(=O)OC(C)C. The van der Waals surface area contributed by atoms with Gasteiger partial charge in [0.25, 0.3) is 0 Å². The average molecular weight is 577 g/mol. The lowest BCUT2D eigenvalue weighted by molar-refractivity contribution is -0.146. The average Bonchev–Trinajstić information content (AvgIpc) is 2.91. The maximum absolute atomic E-state index is 13.7. The van der Waals surface area contributed by atoms with Crippen LogP contribution in [-0.4, -0.2) is 36.3 Å². The Balaban J connectivity index is 1.49. The molecule has 1 fully saturated rings. The van der Waals surface area contributed by atoms with E-state index in [2.05, 4.69) is 30.9 Å². The summed E-state index contributed by atoms with van der Waals surface area (Å²) in [6, 6.07) is 10.3. The molecule has 3 aromatic rings. The lowest BCUT2D eigenvalue weighted by Gasteiger charge is -2.40. The van der Waals surface area contributed by atoms with Crippen molar-refractivity contribution in [3.8, 4) is 16.9 Å². The first-order chi connectivity index (χ1) is 19.9. The van der Waals surface area contributed by atoms with Gasteiger partial charge in [-0.15, -0.1) is 0 Å². The number of piperidine rings is 1. The van der Waals surface area contributed by atoms with Crippen LogP contribution in [0.5, 0.6) is 5.75 Å². The molecule has 2 aliphatic heterocycles. The van der Waals surface area contributed by atoms with E-state index in [-0.39, 0.29) is 30.0 Å². The molecule has 7 heteroatoms. The van der Waals surface area contributed by atoms with E-state index < -0.39 is 11.6 Å². The molecule has 5 rings (SSSR count). The lowest BCUT2D eigenvalue weighted by Crippen LogP contribution is -2.38. The van der Waals surface area contributed by atoms with E-state index >= 15 is 0 Å². The van der Waals surface area contributed by atoms with Crippen LogP contribution in [0.2, 0.25) is 0 Å². The highest BCUT2D eigenvalue weighted by Crippen LogP contribution is 2.43. The van der Waals surface area contributed by atoms with Gasteiger partial charge in [0.15, 0.2) is 11.6 Å². The van der Waals surface area contributed by atoms with Crippen LogP contribution in [-0.2, 0) is 28.8 Å². The van der Waals surface area contributed by atoms with Crippen molar-refractivity contribution in [1.29, 1.82) is 0 Å². The molecule has 0 N–H and O–H groups in total. The van der Waals surface area contributed by atoms with Crippen molar-refractivity contribution in [2.45, 2.75) is 92.3 Å². The van der Waals surface area contributed by atoms with Gasteiger partial charge in [0.05, 0.1) is 18.2 Å². The van der Waals surface area contributed by atoms with E-state index in [4.69, 9.17) is 14.5 Å². The fourth-order valence-electron chi connectivity index (χ4n) is 6.23. The van der Waals surface area contributed by atoms with Gasteiger partial charge >= 0.3 is 5.97 Å². The summed E-state index contributed by atoms with van der Waals surface area (Å²) in [4.78, 5) is 20.3. The fraction of sp³-hybridized carbons (Fsp3) is 0.486. The van der Waals surface area contributed by atoms with E-state index in [9.17, 15) is 13.6 Å². The molecule has 1 unspecified atom stereocenters. The van der Waals surface area contributed by atoms with Crippen LogP contribution < -0.4 is 9.64 Å². The van der Waals surface area contributed by atoms with Gasteiger partial charge in [0, 0.05) is 42.0 Å². The van der Waals surface area contributed by atoms with Crippen molar-refractivity contribution in [2.24, 2.45) is 5.41 Å². The normalized spacial score (nSPS) is 18.0. The minimum absolute atomic E-state index is 0.109. The number of aryl methyl sites for hydroxylation is 3. The van der Waals surface area contributed by atoms with Crippen LogP contribution in [0, 0.1) is 30.9 Å². The number of hydrogen-bond donors (Lipinski definition) is 0. The number of carbonyl (C=O) groups is 1. The summed E-state index contributed by atoms with van der Waals surface area (Å²) in [5, 5.41) is 0. The summed E-state index contributed by atoms with van der Waals surface area (Å²) in [6.45, 7) is 14.2. The Hall–Kier alpha value is -3.48. The van der Waals surface area contributed by atoms with Gasteiger partial charge in [-0.25, -0.2) is 8.78 Å². The number of fused-ring (bicyclic) bond motifs is 1. The first-order valence-electron chi connectivity index (χ1n) is 15.1. The number of aromatic nitrogens is 1. The van der Waals surface area contributed by atoms with Gasteiger partial charge in [-0.2, -0.15) is 0 Å². The number of nitrogens with zero attached hydrogens (tertiary/aromatic N) is 2. The van der Waals surface area contributed by atoms with Crippen molar-refractivity contribution < 1.29 is 23.0 Å². The van der Waals surface area contributed by atoms with Gasteiger partial charge in [0.1, 0.15) is 11.9 Å². The fourth-order valence-corrected chi connectivity index (χ4v) is 6.23. The highest BCUT2D eigenvalue weighted by molar-refractivity contribution is 5.87. The number of esters is 1. The minimum atomic E-state index is -0.838. The third-order valence-corrected chi connectivity index (χ3v) is 8.60. The third-order valence-electron chi connectivity index (χ3n) is 8.60. The summed E-state index contributed by atoms with van der Waals surface area (Å²) in [5.74, 6) is -1.10. The summed E-state index contributed by atoms with van der Waals surface area (Å²) >= 11 is 0. The number of hydrogen-bond acceptors (Lipinski definition) is 5. The molecule has 0 spiro atoms. The van der Waals surface area contributed by atoms with Crippen molar-refractivity contribution in [2.75, 3.05) is 18.0 Å². The number of halogens is 2. The molecule has 0 bridgehead atoms. The lowest BCUT2D eigenvalue weighted by atomic mass is 9.82. The third kappa shape index (κ3) is 6.61. The van der Waals surface area contributed by atoms with Crippen molar-refractivity contribution in [3.63, 3.8) is 0 Å². The first kappa shape index (κ1) is 30.0. The molecule has 2 aromatic carbocycles. The van der Waals surface area contributed by atoms with E-state index in [1.807, 2.05) is 33.8 Å². The van der Waals surface area contributed by atoms with E-state index in [1.54, 1.807) is 6.07 Å². The molecule has 224 valence electrons. The van der Waals surface area contributed by atoms with Crippen molar-refractivity contribution in [3.05, 3.63) is 76.1 Å². The Bertz CT molecular complexity index is 1470. The number of benzene rings is 2. The molecule has 0 radical (unpaired) electrons. The quantitative estimate of drug-likeness (QED) is 0.270. The second-order valence-corrected chi connectivity index (χ2v) is 12.9. The summed E-state index contributed by atoms with van der Waals surface area (Å²) in [6.07, 6.45) is 4.14. The Morgan fingerprint density at radius 2 is 1.81 bits per heavy atom. The van der Waals surface area contributed by atoms with E-state index in [0.29, 0.717) is 6.42 Å². The van der Waals surface area contributed by atoms with Gasteiger partial charge in [-0.05, 0) is 99.7 Å². The van der Waals surface area contributed by atoms with Crippen LogP contribution >= 0.6 is 0 Å². The maximum atomic E-state index is 13.7. The molecule has 42 heavy (non-hydrogen) atoms. The smallest absolute Gasteiger partial charge is 0.310 e. The Morgan fingerprint density at radius 3 is 2.50 bits per heavy atom. The molecule has 1 aromatic heterocycles. The molecule has 2 aliphatic rings. The number of carbonyl (C=O) groups excluding carboxylic acids is 1. The zero-order valence-electron chi connectivity index (χ0n) is 25.7. The molecule has 0 aliphatic carbocycles. The number of rotatable bonds is 7. The molecular weight excluding hydrogens is 534 g/mol. The van der Waals surface area contributed by atoms with Crippen LogP contribution in [0.25, 0.3) is 11.1 Å². The second-order valence-electron chi connectivity index (χ2n) is 12.9. The Labute approximate surface area is 248 Å². The van der Waals surface area contributed by atoms with Gasteiger partial charge in [-0.3, -0.25) is 9.78 Å². The standard InChI is InChI=1S/C35H42F2N2O3/c1-21(2)41-32(40)20-28-22(3)38-23(4)33(34(28)39-15-13-35(5,6)14-16-39)26-9-12-31-25(19-26)8-10-27(42-31)17-24-7-11-29(36)30(37)18-24/h7,9,11-12,18-19,21,27H,8,10,13-17,20H2,1-6H3. The van der Waals surface area contributed by atoms with Gasteiger partial charge < -0.3 is 14.4 Å². The number of ether oxygens (including phenoxy) is 2. The van der Waals surface area contributed by atoms with Crippen LogP contribution in [0.1, 0.15) is 75.0 Å². The molecule has 0 amide bonds. The van der Waals surface area contributed by atoms with Crippen molar-refractivity contribution in [1.82, 2.24) is 4.98 Å². The Morgan fingerprint density at radius 1 is 1.07 bits per heavy atom. The predicted molar refractivity (Wildman–Crippen MR) is 162 cm³/mol. The molecule has 0 saturated carbocycles. The van der Waals surface area contributed by atoms with Crippen molar-refractivity contribution >= 4 is 11.7 Å². The highest BCUT2D eigenvalue weighted by atomic mass is 19.2. The monoisotopic (exact) mass is 576 g/mol. The topological polar surface area (TPSA) is 51.7 Å². The van der Waals surface area contributed by atoms with Crippen LogP contribution in [0.3, 0.4) is 0 Å². The largest absolute Gasteiger partial charge is 0.490 e. The van der Waals surface area contributed by atoms with Gasteiger partial charge in [-0.1, -0.05) is 26.0 Å². The predicted octanol–water partition coefficient (Wildman–Crippen LogP) is 7.70. The van der Waals surface area contributed by atoms with E-state index in [0.717, 1.165) is 89.4 Å². The Kier molecular flexibility index (Phi) is 8.58. The zero-order chi connectivity index (χ0) is 30.2. The molecule has 1 saturated heterocycles. The molecular formula is C35H42F2N2O3. The number of anilines is 1. The summed E-state index contributed by atoms with van der Waals surface area (Å²) in [5.41, 5.74) is 8.03. The summed E-state index contributed by atoms with van der Waals surface area (Å²) in [7, 11) is 0. The maximum Gasteiger partial charge on any atom is 0.310 e. The zero-order valence-corrected chi connectivity index (χ0v) is 25.7. The van der Waals surface area contributed by atoms with Crippen LogP contribution in [0.4, 0.5) is 14.5 Å². The summed E-state index contributed by atoms with van der Waals surface area (Å²) < 4.78 is 39.0. The first-order valence-corrected chi connectivity index (χ1v) is 15.1. The van der Waals surface area contributed by atoms with Gasteiger partial charge in [0.2, 0.25) is 0 Å². The minimum Gasteiger partial charge on any atom is -0.490 e. The molecule has 1 atom stereocenters. The second kappa shape index (κ2) is 12.0. The van der Waals surface area contributed by atoms with E-state index in [1.165, 1.54) is 12.1 Å².